The minimum Gasteiger partial charge on any atom is -0.456 e. The molecule has 0 spiro atoms. The fraction of sp³-hybridized carbons (Fsp3) is 0. The molecule has 0 fully saturated rings. The van der Waals surface area contributed by atoms with Crippen molar-refractivity contribution in [1.29, 1.82) is 0 Å². The molecule has 0 aliphatic heterocycles. The highest BCUT2D eigenvalue weighted by Crippen LogP contribution is 2.42. The molecular weight excluding hydrogens is 799 g/mol. The molecule has 0 aliphatic rings. The van der Waals surface area contributed by atoms with Crippen molar-refractivity contribution >= 4 is 75.0 Å². The average Bonchev–Trinajstić information content (AvgIpc) is 1.65. The lowest BCUT2D eigenvalue weighted by Gasteiger charge is -2.14. The van der Waals surface area contributed by atoms with Crippen LogP contribution in [0.5, 0.6) is 0 Å². The molecule has 0 aliphatic carbocycles. The Bertz CT molecular complexity index is 6040. The first kappa shape index (κ1) is 15.8. The second-order valence-electron chi connectivity index (χ2n) is 13.6. The predicted octanol–water partition coefficient (Wildman–Crippen LogP) is 16.4. The van der Waals surface area contributed by atoms with Crippen LogP contribution in [0.1, 0.15) is 48.0 Å². The molecule has 13 rings (SSSR count). The molecule has 0 atom stereocenters. The Balaban J connectivity index is 1.26. The number of fused-ring (bicyclic) bond motifs is 8. The van der Waals surface area contributed by atoms with Gasteiger partial charge in [0, 0.05) is 47.6 Å². The number of furan rings is 1. The van der Waals surface area contributed by atoms with Crippen LogP contribution < -0.4 is 0 Å². The molecule has 0 amide bonds. The Morgan fingerprint density at radius 3 is 1.66 bits per heavy atom. The predicted molar refractivity (Wildman–Crippen MR) is 268 cm³/mol. The third-order valence-corrected chi connectivity index (χ3v) is 10.9. The van der Waals surface area contributed by atoms with Crippen LogP contribution in [-0.2, 0) is 0 Å². The molecule has 0 bridgehead atoms. The van der Waals surface area contributed by atoms with Crippen LogP contribution in [0, 0.1) is 0 Å². The molecule has 298 valence electrons. The van der Waals surface area contributed by atoms with E-state index in [1.165, 1.54) is 0 Å². The van der Waals surface area contributed by atoms with E-state index in [0.29, 0.717) is 11.3 Å². The number of hydrogen-bond acceptors (Lipinski definition) is 5. The van der Waals surface area contributed by atoms with Gasteiger partial charge in [-0.2, -0.15) is 0 Å². The summed E-state index contributed by atoms with van der Waals surface area (Å²) in [6.07, 6.45) is 0. The summed E-state index contributed by atoms with van der Waals surface area (Å²) in [6, 6.07) is -33.7. The van der Waals surface area contributed by atoms with Gasteiger partial charge < -0.3 is 4.42 Å². The van der Waals surface area contributed by atoms with Crippen molar-refractivity contribution in [3.05, 3.63) is 211 Å². The van der Waals surface area contributed by atoms with Crippen molar-refractivity contribution in [3.8, 4) is 67.5 Å². The number of para-hydroxylation sites is 1. The van der Waals surface area contributed by atoms with Crippen molar-refractivity contribution in [1.82, 2.24) is 15.0 Å². The van der Waals surface area contributed by atoms with Gasteiger partial charge in [-0.3, -0.25) is 0 Å². The number of hydrogen-bond donors (Lipinski definition) is 0. The Hall–Kier alpha value is -8.25. The summed E-state index contributed by atoms with van der Waals surface area (Å²) in [5.41, 5.74) is -9.53. The van der Waals surface area contributed by atoms with Crippen LogP contribution in [0.4, 0.5) is 0 Å². The smallest absolute Gasteiger partial charge is 0.165 e. The maximum atomic E-state index is 10.3. The molecule has 5 heteroatoms. The van der Waals surface area contributed by atoms with Crippen molar-refractivity contribution in [2.24, 2.45) is 0 Å². The zero-order valence-corrected chi connectivity index (χ0v) is 32.5. The van der Waals surface area contributed by atoms with Gasteiger partial charge in [0.1, 0.15) is 11.2 Å². The van der Waals surface area contributed by atoms with Crippen LogP contribution in [0.25, 0.3) is 131 Å². The van der Waals surface area contributed by atoms with Gasteiger partial charge in [0.25, 0.3) is 0 Å². The van der Waals surface area contributed by atoms with E-state index in [0.717, 1.165) is 0 Å². The number of benzene rings is 10. The fourth-order valence-electron chi connectivity index (χ4n) is 6.96. The van der Waals surface area contributed by atoms with Gasteiger partial charge in [-0.1, -0.05) is 151 Å². The van der Waals surface area contributed by atoms with Gasteiger partial charge in [-0.25, -0.2) is 15.0 Å². The van der Waals surface area contributed by atoms with E-state index < -0.39 is 323 Å². The van der Waals surface area contributed by atoms with Gasteiger partial charge in [-0.15, -0.1) is 11.3 Å². The number of rotatable bonds is 6. The largest absolute Gasteiger partial charge is 0.456 e. The molecule has 64 heavy (non-hydrogen) atoms. The minimum absolute atomic E-state index is 0.226. The Morgan fingerprint density at radius 2 is 0.875 bits per heavy atom. The highest BCUT2D eigenvalue weighted by Gasteiger charge is 2.21. The normalized spacial score (nSPS) is 19.4. The average molecular weight is 869 g/mol. The minimum atomic E-state index is -1.25. The molecule has 0 unspecified atom stereocenters. The SMILES string of the molecule is [2H]c1c([2H])c([2H])c(-c2c([2H])c([2H])c3c([2H])c(-c4c([2H])c(-c5nc(-c6c([2H])c([2H])c([2H])c7c6sc6c([2H])c([2H])c([2H])c([2H])c67)nc(-c6c([2H])c([2H])c([2H])c7oc8c([2H])c([2H])c([2H])c([2H])c8c67)n5)c([2H])c(-c5c([2H])c([2H])c6c([2H])c([2H])c([2H])c([2H])c6c5[2H])c4[2H])c([2H])c([2H])c3c2[2H])c([2H])c1[2H]. The summed E-state index contributed by atoms with van der Waals surface area (Å²) in [6.45, 7) is 0. The van der Waals surface area contributed by atoms with Crippen LogP contribution in [0.3, 0.4) is 0 Å². The zero-order chi connectivity index (χ0) is 72.6. The second kappa shape index (κ2) is 14.7. The van der Waals surface area contributed by atoms with Crippen molar-refractivity contribution < 1.29 is 52.4 Å². The summed E-state index contributed by atoms with van der Waals surface area (Å²) in [7, 11) is 0. The Kier molecular flexibility index (Phi) is 3.63. The van der Waals surface area contributed by atoms with Gasteiger partial charge in [-0.05, 0) is 115 Å². The maximum absolute atomic E-state index is 10.3. The number of nitrogens with zero attached hydrogens (tertiary/aromatic N) is 3. The topological polar surface area (TPSA) is 51.8 Å². The molecule has 3 heterocycles. The molecule has 3 aromatic heterocycles. The van der Waals surface area contributed by atoms with Crippen LogP contribution in [-0.4, -0.2) is 15.0 Å². The third-order valence-electron chi connectivity index (χ3n) is 9.82. The molecule has 4 nitrogen and oxygen atoms in total. The summed E-state index contributed by atoms with van der Waals surface area (Å²) in [5.74, 6) is -2.91. The van der Waals surface area contributed by atoms with Gasteiger partial charge >= 0.3 is 0 Å². The van der Waals surface area contributed by atoms with Gasteiger partial charge in [0.15, 0.2) is 17.5 Å². The zero-order valence-electron chi connectivity index (χ0n) is 66.7. The molecule has 0 radical (unpaired) electrons. The lowest BCUT2D eigenvalue weighted by Crippen LogP contribution is -2.01. The standard InChI is InChI=1S/C59H35N3OS/c1-2-12-36(13-3-1)39-26-27-41-32-43(29-28-40(41)31-39)45-33-44(42-25-24-37-14-4-5-15-38(37)30-42)34-46(35-45)57-60-58(50-19-11-22-53-55(50)49-17-6-8-21-52(49)63-53)62-59(61-57)51-20-10-18-48-47-16-7-9-23-54(47)64-56(48)51/h1-35H/i1D,2D,3D,4D,5D,6D,7D,8D,9D,10D,11D,12D,13D,14D,15D,16D,17D,18D,19D,20D,21D,22D,23D,24D,25D,26D,27D,28D,29D,30D,31D,32D,33D,34D,35D. The van der Waals surface area contributed by atoms with E-state index in [9.17, 15) is 21.9 Å². The highest BCUT2D eigenvalue weighted by atomic mass is 32.1. The molecule has 0 saturated carbocycles. The summed E-state index contributed by atoms with van der Waals surface area (Å²) >= 11 is 0.553. The third kappa shape index (κ3) is 6.17. The lowest BCUT2D eigenvalue weighted by atomic mass is 9.93. The van der Waals surface area contributed by atoms with Crippen molar-refractivity contribution in [2.45, 2.75) is 0 Å². The molecule has 10 aromatic carbocycles. The van der Waals surface area contributed by atoms with Gasteiger partial charge in [0.2, 0.25) is 0 Å². The summed E-state index contributed by atoms with van der Waals surface area (Å²) < 4.78 is 324. The Morgan fingerprint density at radius 1 is 0.344 bits per heavy atom. The van der Waals surface area contributed by atoms with E-state index in [-0.39, 0.29) is 20.2 Å². The van der Waals surface area contributed by atoms with Crippen LogP contribution >= 0.6 is 11.3 Å². The van der Waals surface area contributed by atoms with Crippen LogP contribution in [0.15, 0.2) is 216 Å². The molecule has 0 saturated heterocycles. The van der Waals surface area contributed by atoms with E-state index in [1.807, 2.05) is 0 Å². The quantitative estimate of drug-likeness (QED) is 0.167. The highest BCUT2D eigenvalue weighted by molar-refractivity contribution is 7.26. The first-order valence-electron chi connectivity index (χ1n) is 36.2. The van der Waals surface area contributed by atoms with Gasteiger partial charge in [0.05, 0.1) is 48.0 Å². The fourth-order valence-corrected chi connectivity index (χ4v) is 8.02. The number of thiophene rings is 1. The van der Waals surface area contributed by atoms with Crippen molar-refractivity contribution in [2.75, 3.05) is 0 Å². The van der Waals surface area contributed by atoms with E-state index >= 15 is 0 Å². The monoisotopic (exact) mass is 868 g/mol. The van der Waals surface area contributed by atoms with Crippen molar-refractivity contribution in [3.63, 3.8) is 0 Å². The summed E-state index contributed by atoms with van der Waals surface area (Å²) in [4.78, 5) is 13.9. The molecule has 13 aromatic rings. The Labute approximate surface area is 421 Å². The first-order valence-corrected chi connectivity index (χ1v) is 19.5. The van der Waals surface area contributed by atoms with E-state index in [1.54, 1.807) is 0 Å². The number of aromatic nitrogens is 3. The molecular formula is C59H35N3OS. The van der Waals surface area contributed by atoms with Crippen LogP contribution in [0.2, 0.25) is 0 Å². The maximum Gasteiger partial charge on any atom is 0.165 e. The summed E-state index contributed by atoms with van der Waals surface area (Å²) in [5, 5.41) is -4.92. The first-order chi connectivity index (χ1) is 46.3. The van der Waals surface area contributed by atoms with E-state index in [4.69, 9.17) is 30.5 Å². The second-order valence-corrected chi connectivity index (χ2v) is 14.6. The lowest BCUT2D eigenvalue weighted by molar-refractivity contribution is 0.669. The molecule has 0 N–H and O–H groups in total. The van der Waals surface area contributed by atoms with E-state index in [2.05, 4.69) is 15.0 Å².